The molecule has 0 N–H and O–H groups in total. The van der Waals surface area contributed by atoms with Crippen LogP contribution in [0.15, 0.2) is 18.2 Å². The number of carbonyl (C=O) groups excluding carboxylic acids is 1. The molecule has 8 atom stereocenters. The number of hydrogen-bond acceptors (Lipinski definition) is 6. The summed E-state index contributed by atoms with van der Waals surface area (Å²) >= 11 is 0. The van der Waals surface area contributed by atoms with Crippen LogP contribution in [0.3, 0.4) is 0 Å². The normalized spacial score (nSPS) is 35.9. The van der Waals surface area contributed by atoms with Crippen LogP contribution in [0, 0.1) is 47.2 Å². The van der Waals surface area contributed by atoms with Gasteiger partial charge in [0.15, 0.2) is 11.6 Å². The zero-order valence-electron chi connectivity index (χ0n) is 19.2. The molecule has 8 heteroatoms. The van der Waals surface area contributed by atoms with E-state index in [1.54, 1.807) is 0 Å². The first-order valence-corrected chi connectivity index (χ1v) is 13.8. The number of rotatable bonds is 8. The summed E-state index contributed by atoms with van der Waals surface area (Å²) < 4.78 is 58.1. The molecule has 4 saturated carbocycles. The van der Waals surface area contributed by atoms with Gasteiger partial charge in [-0.2, -0.15) is 0 Å². The molecular weight excluding hydrogens is 447 g/mol. The molecule has 4 aliphatic rings. The van der Waals surface area contributed by atoms with Gasteiger partial charge in [-0.25, -0.2) is 17.6 Å². The molecule has 0 heterocycles. The van der Waals surface area contributed by atoms with E-state index in [4.69, 9.17) is 9.47 Å². The quantitative estimate of drug-likeness (QED) is 0.312. The third kappa shape index (κ3) is 4.07. The molecule has 4 aliphatic carbocycles. The summed E-state index contributed by atoms with van der Waals surface area (Å²) in [5, 5.41) is 0. The van der Waals surface area contributed by atoms with Gasteiger partial charge in [-0.15, -0.1) is 0 Å². The molecule has 1 aromatic rings. The first-order valence-electron chi connectivity index (χ1n) is 12.2. The minimum atomic E-state index is -4.48. The van der Waals surface area contributed by atoms with Gasteiger partial charge in [0, 0.05) is 5.92 Å². The average Bonchev–Trinajstić information content (AvgIpc) is 3.53. The van der Waals surface area contributed by atoms with Crippen LogP contribution in [0.5, 0.6) is 5.75 Å². The lowest BCUT2D eigenvalue weighted by atomic mass is 9.63. The molecule has 5 rings (SSSR count). The van der Waals surface area contributed by atoms with E-state index in [9.17, 15) is 22.2 Å². The van der Waals surface area contributed by atoms with Crippen molar-refractivity contribution in [2.75, 3.05) is 12.4 Å². The summed E-state index contributed by atoms with van der Waals surface area (Å²) in [5.41, 5.74) is -0.471. The lowest BCUT2D eigenvalue weighted by Crippen LogP contribution is -2.47. The van der Waals surface area contributed by atoms with Crippen LogP contribution in [0.25, 0.3) is 0 Å². The van der Waals surface area contributed by atoms with Crippen molar-refractivity contribution >= 4 is 16.1 Å². The van der Waals surface area contributed by atoms with Gasteiger partial charge in [0.05, 0.1) is 21.4 Å². The molecule has 6 nitrogen and oxygen atoms in total. The fraction of sp³-hybridized carbons (Fsp3) is 0.720. The Morgan fingerprint density at radius 3 is 2.58 bits per heavy atom. The molecule has 1 aromatic carbocycles. The van der Waals surface area contributed by atoms with Crippen molar-refractivity contribution in [3.05, 3.63) is 29.6 Å². The van der Waals surface area contributed by atoms with Gasteiger partial charge in [-0.3, -0.25) is 0 Å². The summed E-state index contributed by atoms with van der Waals surface area (Å²) in [4.78, 5) is 12.3. The monoisotopic (exact) mass is 479 g/mol. The SMILES string of the molecule is CCC(C)(Oc1cc(C(=O)OCCS(=O)(=O)[O-])ccc1F)C1CC2CC1C1C3CCC(C3)C21. The van der Waals surface area contributed by atoms with E-state index in [2.05, 4.69) is 13.8 Å². The molecule has 0 amide bonds. The maximum Gasteiger partial charge on any atom is 0.338 e. The maximum atomic E-state index is 14.7. The maximum absolute atomic E-state index is 14.7. The van der Waals surface area contributed by atoms with Crippen molar-refractivity contribution < 1.29 is 31.6 Å². The minimum absolute atomic E-state index is 0.0116. The lowest BCUT2D eigenvalue weighted by molar-refractivity contribution is -0.0384. The largest absolute Gasteiger partial charge is 0.748 e. The van der Waals surface area contributed by atoms with Crippen molar-refractivity contribution in [1.29, 1.82) is 0 Å². The number of halogens is 1. The molecular formula is C25H32FO6S-. The number of benzene rings is 1. The molecule has 182 valence electrons. The van der Waals surface area contributed by atoms with Crippen molar-refractivity contribution in [2.45, 2.75) is 58.0 Å². The molecule has 0 spiro atoms. The molecule has 0 radical (unpaired) electrons. The van der Waals surface area contributed by atoms with Crippen LogP contribution in [0.4, 0.5) is 4.39 Å². The third-order valence-corrected chi connectivity index (χ3v) is 9.96. The standard InChI is InChI=1S/C25H33FO6S/c1-3-25(2,19-12-17-11-18(19)23-15-5-4-14(10-15)22(17)23)32-21-13-16(6-7-20(21)26)24(27)31-8-9-33(28,29)30/h6-7,13-15,17-19,22-23H,3-5,8-12H2,1-2H3,(H,28,29,30)/p-1. The highest BCUT2D eigenvalue weighted by atomic mass is 32.2. The predicted molar refractivity (Wildman–Crippen MR) is 118 cm³/mol. The molecule has 0 aromatic heterocycles. The first kappa shape index (κ1) is 23.1. The van der Waals surface area contributed by atoms with E-state index in [-0.39, 0.29) is 11.3 Å². The topological polar surface area (TPSA) is 92.7 Å². The zero-order chi connectivity index (χ0) is 23.5. The molecule has 4 bridgehead atoms. The number of hydrogen-bond donors (Lipinski definition) is 0. The number of fused-ring (bicyclic) bond motifs is 9. The Kier molecular flexibility index (Phi) is 5.75. The van der Waals surface area contributed by atoms with Crippen LogP contribution in [-0.4, -0.2) is 36.9 Å². The summed E-state index contributed by atoms with van der Waals surface area (Å²) in [6.07, 6.45) is 7.29. The molecule has 4 fully saturated rings. The van der Waals surface area contributed by atoms with E-state index < -0.39 is 39.9 Å². The van der Waals surface area contributed by atoms with E-state index in [0.717, 1.165) is 42.4 Å². The Bertz CT molecular complexity index is 1040. The van der Waals surface area contributed by atoms with Gasteiger partial charge in [0.2, 0.25) is 0 Å². The Morgan fingerprint density at radius 1 is 1.15 bits per heavy atom. The molecule has 8 unspecified atom stereocenters. The molecule has 33 heavy (non-hydrogen) atoms. The highest BCUT2D eigenvalue weighted by Gasteiger charge is 2.64. The first-order chi connectivity index (χ1) is 15.6. The second-order valence-electron chi connectivity index (χ2n) is 10.8. The van der Waals surface area contributed by atoms with Crippen molar-refractivity contribution in [2.24, 2.45) is 41.4 Å². The van der Waals surface area contributed by atoms with Crippen LogP contribution in [0.2, 0.25) is 0 Å². The molecule has 0 aliphatic heterocycles. The van der Waals surface area contributed by atoms with Gasteiger partial charge in [-0.1, -0.05) is 6.92 Å². The Balaban J connectivity index is 1.31. The van der Waals surface area contributed by atoms with Crippen molar-refractivity contribution in [3.63, 3.8) is 0 Å². The fourth-order valence-corrected chi connectivity index (χ4v) is 8.24. The van der Waals surface area contributed by atoms with Gasteiger partial charge >= 0.3 is 5.97 Å². The lowest BCUT2D eigenvalue weighted by Gasteiger charge is -2.46. The number of carbonyl (C=O) groups is 1. The van der Waals surface area contributed by atoms with Gasteiger partial charge < -0.3 is 14.0 Å². The number of ether oxygens (including phenoxy) is 2. The van der Waals surface area contributed by atoms with E-state index in [1.165, 1.54) is 43.9 Å². The minimum Gasteiger partial charge on any atom is -0.748 e. The summed E-state index contributed by atoms with van der Waals surface area (Å²) in [6, 6.07) is 3.76. The summed E-state index contributed by atoms with van der Waals surface area (Å²) in [7, 11) is -4.48. The van der Waals surface area contributed by atoms with E-state index >= 15 is 0 Å². The van der Waals surface area contributed by atoms with E-state index in [1.807, 2.05) is 0 Å². The van der Waals surface area contributed by atoms with Crippen LogP contribution in [0.1, 0.15) is 62.7 Å². The second kappa shape index (κ2) is 8.22. The highest BCUT2D eigenvalue weighted by Crippen LogP contribution is 2.70. The Labute approximate surface area is 195 Å². The van der Waals surface area contributed by atoms with Gasteiger partial charge in [-0.05, 0) is 99.2 Å². The average molecular weight is 480 g/mol. The van der Waals surface area contributed by atoms with Crippen LogP contribution in [-0.2, 0) is 14.9 Å². The van der Waals surface area contributed by atoms with Crippen LogP contribution < -0.4 is 4.74 Å². The number of esters is 1. The third-order valence-electron chi connectivity index (χ3n) is 9.30. The fourth-order valence-electron chi connectivity index (χ4n) is 7.96. The Morgan fingerprint density at radius 2 is 1.88 bits per heavy atom. The van der Waals surface area contributed by atoms with E-state index in [0.29, 0.717) is 11.8 Å². The Hall–Kier alpha value is -1.67. The van der Waals surface area contributed by atoms with Crippen molar-refractivity contribution in [1.82, 2.24) is 0 Å². The predicted octanol–water partition coefficient (Wildman–Crippen LogP) is 4.39. The van der Waals surface area contributed by atoms with Gasteiger partial charge in [0.25, 0.3) is 0 Å². The van der Waals surface area contributed by atoms with Crippen molar-refractivity contribution in [3.8, 4) is 5.75 Å². The second-order valence-corrected chi connectivity index (χ2v) is 12.3. The zero-order valence-corrected chi connectivity index (χ0v) is 20.0. The highest BCUT2D eigenvalue weighted by molar-refractivity contribution is 7.85. The van der Waals surface area contributed by atoms with Gasteiger partial charge in [0.1, 0.15) is 12.2 Å². The van der Waals surface area contributed by atoms with Crippen LogP contribution >= 0.6 is 0 Å². The summed E-state index contributed by atoms with van der Waals surface area (Å²) in [5.74, 6) is 3.07. The summed E-state index contributed by atoms with van der Waals surface area (Å²) in [6.45, 7) is 3.61. The molecule has 0 saturated heterocycles. The smallest absolute Gasteiger partial charge is 0.338 e.